The zero-order chi connectivity index (χ0) is 18.7. The molecule has 1 aromatic heterocycles. The lowest BCUT2D eigenvalue weighted by Crippen LogP contribution is -2.06. The molecule has 26 heavy (non-hydrogen) atoms. The Morgan fingerprint density at radius 3 is 2.62 bits per heavy atom. The number of aromatic carboxylic acids is 1. The zero-order valence-electron chi connectivity index (χ0n) is 14.5. The highest BCUT2D eigenvalue weighted by Crippen LogP contribution is 2.27. The predicted molar refractivity (Wildman–Crippen MR) is 103 cm³/mol. The lowest BCUT2D eigenvalue weighted by molar-refractivity contribution is 0.0697. The monoisotopic (exact) mass is 367 g/mol. The van der Waals surface area contributed by atoms with E-state index >= 15 is 0 Å². The first-order chi connectivity index (χ1) is 12.5. The van der Waals surface area contributed by atoms with Gasteiger partial charge in [0.1, 0.15) is 5.82 Å². The van der Waals surface area contributed by atoms with Crippen LogP contribution in [-0.4, -0.2) is 21.0 Å². The van der Waals surface area contributed by atoms with Gasteiger partial charge >= 0.3 is 5.97 Å². The summed E-state index contributed by atoms with van der Waals surface area (Å²) in [6.07, 6.45) is 0.753. The van der Waals surface area contributed by atoms with E-state index in [9.17, 15) is 9.90 Å². The molecule has 0 atom stereocenters. The van der Waals surface area contributed by atoms with Crippen LogP contribution in [0, 0.1) is 6.92 Å². The molecule has 0 saturated carbocycles. The van der Waals surface area contributed by atoms with Crippen LogP contribution in [0.15, 0.2) is 48.5 Å². The molecule has 2 aromatic carbocycles. The summed E-state index contributed by atoms with van der Waals surface area (Å²) in [5, 5.41) is 13.0. The smallest absolute Gasteiger partial charge is 0.335 e. The minimum absolute atomic E-state index is 0.217. The Labute approximate surface area is 156 Å². The molecule has 0 aliphatic carbocycles. The SMILES string of the molecule is CCc1c(C)nc(-c2cccc(Cl)c2)nc1Nc1cccc(C(=O)O)c1. The second-order valence-electron chi connectivity index (χ2n) is 5.83. The summed E-state index contributed by atoms with van der Waals surface area (Å²) in [4.78, 5) is 20.4. The quantitative estimate of drug-likeness (QED) is 0.655. The summed E-state index contributed by atoms with van der Waals surface area (Å²) < 4.78 is 0. The van der Waals surface area contributed by atoms with E-state index in [2.05, 4.69) is 15.3 Å². The molecular formula is C20H18ClN3O2. The third kappa shape index (κ3) is 3.83. The van der Waals surface area contributed by atoms with Crippen molar-refractivity contribution >= 4 is 29.1 Å². The van der Waals surface area contributed by atoms with Crippen molar-refractivity contribution in [1.82, 2.24) is 9.97 Å². The van der Waals surface area contributed by atoms with Crippen molar-refractivity contribution in [1.29, 1.82) is 0 Å². The van der Waals surface area contributed by atoms with E-state index in [0.29, 0.717) is 22.4 Å². The van der Waals surface area contributed by atoms with Gasteiger partial charge in [-0.05, 0) is 43.7 Å². The molecule has 0 bridgehead atoms. The number of hydrogen-bond donors (Lipinski definition) is 2. The summed E-state index contributed by atoms with van der Waals surface area (Å²) in [5.74, 6) is 0.263. The molecule has 132 valence electrons. The number of halogens is 1. The number of aromatic nitrogens is 2. The van der Waals surface area contributed by atoms with E-state index in [1.807, 2.05) is 38.1 Å². The van der Waals surface area contributed by atoms with Gasteiger partial charge in [0.15, 0.2) is 5.82 Å². The number of aryl methyl sites for hydroxylation is 1. The minimum atomic E-state index is -0.970. The van der Waals surface area contributed by atoms with Crippen LogP contribution in [0.1, 0.15) is 28.5 Å². The third-order valence-electron chi connectivity index (χ3n) is 4.02. The van der Waals surface area contributed by atoms with Gasteiger partial charge in [0.25, 0.3) is 0 Å². The van der Waals surface area contributed by atoms with Crippen LogP contribution in [-0.2, 0) is 6.42 Å². The Bertz CT molecular complexity index is 973. The minimum Gasteiger partial charge on any atom is -0.478 e. The third-order valence-corrected chi connectivity index (χ3v) is 4.26. The molecule has 0 fully saturated rings. The van der Waals surface area contributed by atoms with Crippen LogP contribution in [0.2, 0.25) is 5.02 Å². The van der Waals surface area contributed by atoms with Crippen LogP contribution in [0.3, 0.4) is 0 Å². The van der Waals surface area contributed by atoms with Gasteiger partial charge in [0.2, 0.25) is 0 Å². The van der Waals surface area contributed by atoms with E-state index in [1.54, 1.807) is 24.3 Å². The van der Waals surface area contributed by atoms with Gasteiger partial charge in [-0.2, -0.15) is 0 Å². The molecule has 2 N–H and O–H groups in total. The predicted octanol–water partition coefficient (Wildman–Crippen LogP) is 5.11. The number of benzene rings is 2. The molecule has 6 heteroatoms. The summed E-state index contributed by atoms with van der Waals surface area (Å²) in [6, 6.07) is 14.0. The topological polar surface area (TPSA) is 75.1 Å². The Morgan fingerprint density at radius 2 is 1.92 bits per heavy atom. The molecule has 3 aromatic rings. The molecular weight excluding hydrogens is 350 g/mol. The molecule has 0 aliphatic rings. The first-order valence-corrected chi connectivity index (χ1v) is 8.59. The maximum absolute atomic E-state index is 11.2. The van der Waals surface area contributed by atoms with Crippen molar-refractivity contribution in [3.05, 3.63) is 70.4 Å². The maximum atomic E-state index is 11.2. The van der Waals surface area contributed by atoms with E-state index in [-0.39, 0.29) is 5.56 Å². The number of hydrogen-bond acceptors (Lipinski definition) is 4. The lowest BCUT2D eigenvalue weighted by Gasteiger charge is -2.14. The number of carboxylic acid groups (broad SMARTS) is 1. The number of rotatable bonds is 5. The zero-order valence-corrected chi connectivity index (χ0v) is 15.2. The Hall–Kier alpha value is -2.92. The van der Waals surface area contributed by atoms with Crippen molar-refractivity contribution in [3.8, 4) is 11.4 Å². The summed E-state index contributed by atoms with van der Waals surface area (Å²) >= 11 is 6.08. The van der Waals surface area contributed by atoms with Gasteiger partial charge in [-0.25, -0.2) is 14.8 Å². The largest absolute Gasteiger partial charge is 0.478 e. The van der Waals surface area contributed by atoms with Crippen LogP contribution in [0.25, 0.3) is 11.4 Å². The van der Waals surface area contributed by atoms with E-state index in [1.165, 1.54) is 0 Å². The van der Waals surface area contributed by atoms with E-state index in [0.717, 1.165) is 23.2 Å². The van der Waals surface area contributed by atoms with Crippen LogP contribution < -0.4 is 5.32 Å². The maximum Gasteiger partial charge on any atom is 0.335 e. The van der Waals surface area contributed by atoms with Crippen molar-refractivity contribution in [2.24, 2.45) is 0 Å². The van der Waals surface area contributed by atoms with Gasteiger partial charge in [0.05, 0.1) is 5.56 Å². The molecule has 0 radical (unpaired) electrons. The first-order valence-electron chi connectivity index (χ1n) is 8.21. The highest BCUT2D eigenvalue weighted by atomic mass is 35.5. The number of nitrogens with zero attached hydrogens (tertiary/aromatic N) is 2. The molecule has 3 rings (SSSR count). The van der Waals surface area contributed by atoms with Gasteiger partial charge in [-0.3, -0.25) is 0 Å². The van der Waals surface area contributed by atoms with Crippen molar-refractivity contribution in [2.75, 3.05) is 5.32 Å². The molecule has 0 spiro atoms. The fourth-order valence-electron chi connectivity index (χ4n) is 2.75. The molecule has 0 saturated heterocycles. The Kier molecular flexibility index (Phi) is 5.19. The van der Waals surface area contributed by atoms with E-state index < -0.39 is 5.97 Å². The van der Waals surface area contributed by atoms with Gasteiger partial charge in [0, 0.05) is 27.5 Å². The standard InChI is InChI=1S/C20H18ClN3O2/c1-3-17-12(2)22-18(13-6-4-8-15(21)10-13)24-19(17)23-16-9-5-7-14(11-16)20(25)26/h4-11H,3H2,1-2H3,(H,25,26)(H,22,23,24). The number of anilines is 2. The van der Waals surface area contributed by atoms with Crippen molar-refractivity contribution in [2.45, 2.75) is 20.3 Å². The second kappa shape index (κ2) is 7.54. The molecule has 0 aliphatic heterocycles. The Morgan fingerprint density at radius 1 is 1.15 bits per heavy atom. The number of nitrogens with one attached hydrogen (secondary N) is 1. The van der Waals surface area contributed by atoms with Gasteiger partial charge in [-0.15, -0.1) is 0 Å². The highest BCUT2D eigenvalue weighted by molar-refractivity contribution is 6.30. The number of carbonyl (C=O) groups is 1. The molecule has 5 nitrogen and oxygen atoms in total. The van der Waals surface area contributed by atoms with E-state index in [4.69, 9.17) is 11.6 Å². The van der Waals surface area contributed by atoms with Crippen molar-refractivity contribution < 1.29 is 9.90 Å². The fourth-order valence-corrected chi connectivity index (χ4v) is 2.94. The first kappa shape index (κ1) is 17.9. The van der Waals surface area contributed by atoms with Crippen LogP contribution >= 0.6 is 11.6 Å². The fraction of sp³-hybridized carbons (Fsp3) is 0.150. The second-order valence-corrected chi connectivity index (χ2v) is 6.27. The molecule has 0 unspecified atom stereocenters. The summed E-state index contributed by atoms with van der Waals surface area (Å²) in [6.45, 7) is 3.97. The van der Waals surface area contributed by atoms with Gasteiger partial charge in [-0.1, -0.05) is 36.7 Å². The lowest BCUT2D eigenvalue weighted by atomic mass is 10.1. The highest BCUT2D eigenvalue weighted by Gasteiger charge is 2.13. The molecule has 1 heterocycles. The van der Waals surface area contributed by atoms with Gasteiger partial charge < -0.3 is 10.4 Å². The average molecular weight is 368 g/mol. The molecule has 0 amide bonds. The van der Waals surface area contributed by atoms with Crippen molar-refractivity contribution in [3.63, 3.8) is 0 Å². The Balaban J connectivity index is 2.05. The van der Waals surface area contributed by atoms with Crippen LogP contribution in [0.5, 0.6) is 0 Å². The normalized spacial score (nSPS) is 10.6. The average Bonchev–Trinajstić information content (AvgIpc) is 2.61. The number of carboxylic acids is 1. The summed E-state index contributed by atoms with van der Waals surface area (Å²) in [5.41, 5.74) is 3.56. The van der Waals surface area contributed by atoms with Crippen LogP contribution in [0.4, 0.5) is 11.5 Å². The summed E-state index contributed by atoms with van der Waals surface area (Å²) in [7, 11) is 0.